The minimum atomic E-state index is -0.361. The summed E-state index contributed by atoms with van der Waals surface area (Å²) in [5.74, 6) is 0.555. The molecule has 0 radical (unpaired) electrons. The molecule has 1 heterocycles. The summed E-state index contributed by atoms with van der Waals surface area (Å²) in [4.78, 5) is 8.97. The maximum atomic E-state index is 6.13. The average molecular weight is 357 g/mol. The predicted molar refractivity (Wildman–Crippen MR) is 107 cm³/mol. The maximum Gasteiger partial charge on any atom is 0.320 e. The van der Waals surface area contributed by atoms with E-state index in [4.69, 9.17) is 9.47 Å². The van der Waals surface area contributed by atoms with Gasteiger partial charge in [0, 0.05) is 6.20 Å². The van der Waals surface area contributed by atoms with Gasteiger partial charge < -0.3 is 9.47 Å². The van der Waals surface area contributed by atoms with Gasteiger partial charge in [0.1, 0.15) is 11.2 Å². The maximum absolute atomic E-state index is 6.13. The molecule has 0 saturated heterocycles. The Kier molecular flexibility index (Phi) is 6.27. The number of hydrogen-bond donors (Lipinski definition) is 0. The molecule has 0 aliphatic carbocycles. The first-order chi connectivity index (χ1) is 12.1. The second kappa shape index (κ2) is 8.07. The molecule has 2 rings (SSSR count). The Morgan fingerprint density at radius 1 is 0.962 bits per heavy atom. The molecule has 0 amide bonds. The summed E-state index contributed by atoms with van der Waals surface area (Å²) < 4.78 is 12.0. The summed E-state index contributed by atoms with van der Waals surface area (Å²) >= 11 is 0. The zero-order valence-electron chi connectivity index (χ0n) is 17.2. The summed E-state index contributed by atoms with van der Waals surface area (Å²) in [6, 6.07) is 8.87. The molecule has 0 saturated carbocycles. The van der Waals surface area contributed by atoms with Crippen molar-refractivity contribution in [1.82, 2.24) is 9.97 Å². The van der Waals surface area contributed by atoms with E-state index in [1.165, 1.54) is 18.4 Å². The molecule has 0 fully saturated rings. The second-order valence-corrected chi connectivity index (χ2v) is 8.60. The molecule has 0 unspecified atom stereocenters. The molecule has 2 aromatic rings. The van der Waals surface area contributed by atoms with Crippen molar-refractivity contribution in [2.24, 2.45) is 0 Å². The minimum Gasteiger partial charge on any atom is -0.471 e. The normalized spacial score (nSPS) is 12.1. The molecule has 0 aliphatic heterocycles. The quantitative estimate of drug-likeness (QED) is 0.652. The Bertz CT molecular complexity index is 728. The molecular formula is C22H32N2O2. The van der Waals surface area contributed by atoms with Gasteiger partial charge in [-0.3, -0.25) is 0 Å². The first kappa shape index (κ1) is 20.2. The van der Waals surface area contributed by atoms with E-state index in [9.17, 15) is 0 Å². The zero-order chi connectivity index (χ0) is 19.4. The lowest BCUT2D eigenvalue weighted by atomic mass is 10.0. The van der Waals surface area contributed by atoms with Gasteiger partial charge in [-0.1, -0.05) is 37.6 Å². The molecular weight excluding hydrogens is 324 g/mol. The third-order valence-electron chi connectivity index (χ3n) is 3.59. The highest BCUT2D eigenvalue weighted by Gasteiger charge is 2.21. The molecule has 26 heavy (non-hydrogen) atoms. The Morgan fingerprint density at radius 2 is 1.65 bits per heavy atom. The van der Waals surface area contributed by atoms with Crippen LogP contribution in [0.5, 0.6) is 11.9 Å². The fraction of sp³-hybridized carbons (Fsp3) is 0.545. The van der Waals surface area contributed by atoms with Crippen LogP contribution in [0.3, 0.4) is 0 Å². The molecule has 4 heteroatoms. The number of rotatable bonds is 6. The molecule has 1 aromatic carbocycles. The second-order valence-electron chi connectivity index (χ2n) is 8.60. The van der Waals surface area contributed by atoms with E-state index in [2.05, 4.69) is 41.2 Å². The van der Waals surface area contributed by atoms with Gasteiger partial charge in [0.15, 0.2) is 0 Å². The van der Waals surface area contributed by atoms with E-state index in [-0.39, 0.29) is 11.2 Å². The Labute approximate surface area is 158 Å². The number of nitrogens with zero attached hydrogens (tertiary/aromatic N) is 2. The molecule has 0 N–H and O–H groups in total. The SMILES string of the molecule is CCCCc1cccc(-c2cnc(OC(C)(C)C)nc2OC(C)(C)C)c1. The topological polar surface area (TPSA) is 44.2 Å². The summed E-state index contributed by atoms with van der Waals surface area (Å²) in [7, 11) is 0. The Hall–Kier alpha value is -2.10. The molecule has 4 nitrogen and oxygen atoms in total. The van der Waals surface area contributed by atoms with Gasteiger partial charge in [-0.2, -0.15) is 4.98 Å². The lowest BCUT2D eigenvalue weighted by Gasteiger charge is -2.24. The highest BCUT2D eigenvalue weighted by atomic mass is 16.5. The van der Waals surface area contributed by atoms with Crippen molar-refractivity contribution in [3.05, 3.63) is 36.0 Å². The lowest BCUT2D eigenvalue weighted by molar-refractivity contribution is 0.103. The van der Waals surface area contributed by atoms with E-state index in [0.29, 0.717) is 11.9 Å². The number of ether oxygens (including phenoxy) is 2. The van der Waals surface area contributed by atoms with Crippen molar-refractivity contribution >= 4 is 0 Å². The fourth-order valence-electron chi connectivity index (χ4n) is 2.52. The molecule has 1 aromatic heterocycles. The van der Waals surface area contributed by atoms with Crippen molar-refractivity contribution in [2.45, 2.75) is 78.9 Å². The molecule has 0 atom stereocenters. The van der Waals surface area contributed by atoms with E-state index in [0.717, 1.165) is 17.5 Å². The summed E-state index contributed by atoms with van der Waals surface area (Å²) in [6.45, 7) is 14.2. The predicted octanol–water partition coefficient (Wildman–Crippen LogP) is 5.84. The minimum absolute atomic E-state index is 0.336. The van der Waals surface area contributed by atoms with E-state index in [1.54, 1.807) is 6.20 Å². The van der Waals surface area contributed by atoms with Crippen LogP contribution in [-0.2, 0) is 6.42 Å². The number of unbranched alkanes of at least 4 members (excludes halogenated alkanes) is 1. The summed E-state index contributed by atoms with van der Waals surface area (Å²) in [6.07, 6.45) is 5.24. The third-order valence-corrected chi connectivity index (χ3v) is 3.59. The first-order valence-electron chi connectivity index (χ1n) is 9.42. The van der Waals surface area contributed by atoms with Gasteiger partial charge in [-0.05, 0) is 65.5 Å². The van der Waals surface area contributed by atoms with Gasteiger partial charge >= 0.3 is 6.01 Å². The van der Waals surface area contributed by atoms with Crippen molar-refractivity contribution in [3.63, 3.8) is 0 Å². The van der Waals surface area contributed by atoms with Crippen LogP contribution in [0.25, 0.3) is 11.1 Å². The van der Waals surface area contributed by atoms with Crippen LogP contribution in [0.2, 0.25) is 0 Å². The standard InChI is InChI=1S/C22H32N2O2/c1-8-9-11-16-12-10-13-17(14-16)18-15-23-20(26-22(5,6)7)24-19(18)25-21(2,3)4/h10,12-15H,8-9,11H2,1-7H3. The van der Waals surface area contributed by atoms with Gasteiger partial charge in [-0.15, -0.1) is 0 Å². The van der Waals surface area contributed by atoms with Gasteiger partial charge in [-0.25, -0.2) is 4.98 Å². The zero-order valence-corrected chi connectivity index (χ0v) is 17.2. The number of aromatic nitrogens is 2. The highest BCUT2D eigenvalue weighted by molar-refractivity contribution is 5.68. The Balaban J connectivity index is 2.43. The summed E-state index contributed by atoms with van der Waals surface area (Å²) in [5, 5.41) is 0. The van der Waals surface area contributed by atoms with Crippen LogP contribution < -0.4 is 9.47 Å². The summed E-state index contributed by atoms with van der Waals surface area (Å²) in [5.41, 5.74) is 2.56. The van der Waals surface area contributed by atoms with E-state index in [1.807, 2.05) is 41.5 Å². The van der Waals surface area contributed by atoms with E-state index >= 15 is 0 Å². The largest absolute Gasteiger partial charge is 0.471 e. The van der Waals surface area contributed by atoms with Crippen molar-refractivity contribution in [1.29, 1.82) is 0 Å². The smallest absolute Gasteiger partial charge is 0.320 e. The van der Waals surface area contributed by atoms with Crippen LogP contribution in [0.4, 0.5) is 0 Å². The van der Waals surface area contributed by atoms with Crippen LogP contribution in [-0.4, -0.2) is 21.2 Å². The van der Waals surface area contributed by atoms with Crippen molar-refractivity contribution in [2.75, 3.05) is 0 Å². The molecule has 0 aliphatic rings. The Morgan fingerprint density at radius 3 is 2.27 bits per heavy atom. The first-order valence-corrected chi connectivity index (χ1v) is 9.42. The number of benzene rings is 1. The number of aryl methyl sites for hydroxylation is 1. The van der Waals surface area contributed by atoms with Crippen molar-refractivity contribution < 1.29 is 9.47 Å². The molecule has 142 valence electrons. The van der Waals surface area contributed by atoms with Crippen molar-refractivity contribution in [3.8, 4) is 23.0 Å². The van der Waals surface area contributed by atoms with Gasteiger partial charge in [0.05, 0.1) is 5.56 Å². The third kappa shape index (κ3) is 6.32. The lowest BCUT2D eigenvalue weighted by Crippen LogP contribution is -2.26. The monoisotopic (exact) mass is 356 g/mol. The van der Waals surface area contributed by atoms with Crippen LogP contribution in [0.1, 0.15) is 66.9 Å². The highest BCUT2D eigenvalue weighted by Crippen LogP contribution is 2.32. The van der Waals surface area contributed by atoms with Crippen LogP contribution in [0.15, 0.2) is 30.5 Å². The molecule has 0 bridgehead atoms. The average Bonchev–Trinajstić information content (AvgIpc) is 2.50. The van der Waals surface area contributed by atoms with Crippen LogP contribution >= 0.6 is 0 Å². The number of hydrogen-bond acceptors (Lipinski definition) is 4. The van der Waals surface area contributed by atoms with E-state index < -0.39 is 0 Å². The van der Waals surface area contributed by atoms with Gasteiger partial charge in [0.25, 0.3) is 0 Å². The molecule has 0 spiro atoms. The van der Waals surface area contributed by atoms with Crippen LogP contribution in [0, 0.1) is 0 Å². The fourth-order valence-corrected chi connectivity index (χ4v) is 2.52. The van der Waals surface area contributed by atoms with Gasteiger partial charge in [0.2, 0.25) is 5.88 Å².